The molecule has 0 radical (unpaired) electrons. The van der Waals surface area contributed by atoms with Crippen molar-refractivity contribution in [2.45, 2.75) is 32.4 Å². The molecule has 4 nitrogen and oxygen atoms in total. The summed E-state index contributed by atoms with van der Waals surface area (Å²) in [5.74, 6) is 1.51. The normalized spacial score (nSPS) is 19.5. The van der Waals surface area contributed by atoms with Crippen molar-refractivity contribution in [2.75, 3.05) is 33.9 Å². The highest BCUT2D eigenvalue weighted by Crippen LogP contribution is 2.36. The molecule has 0 aromatic heterocycles. The number of rotatable bonds is 6. The predicted molar refractivity (Wildman–Crippen MR) is 89.2 cm³/mol. The quantitative estimate of drug-likeness (QED) is 0.849. The zero-order chi connectivity index (χ0) is 15.2. The van der Waals surface area contributed by atoms with Gasteiger partial charge >= 0.3 is 0 Å². The van der Waals surface area contributed by atoms with E-state index >= 15 is 0 Å². The Morgan fingerprint density at radius 2 is 2.14 bits per heavy atom. The molecule has 1 unspecified atom stereocenters. The van der Waals surface area contributed by atoms with E-state index in [0.717, 1.165) is 35.6 Å². The minimum Gasteiger partial charge on any atom is -0.493 e. The van der Waals surface area contributed by atoms with Crippen molar-refractivity contribution in [1.82, 2.24) is 10.2 Å². The average Bonchev–Trinajstić information content (AvgIpc) is 2.52. The maximum absolute atomic E-state index is 5.39. The second-order valence-electron chi connectivity index (χ2n) is 5.43. The SMILES string of the molecule is CCN1CCCC(NCc2cc(Br)c(OC)c(OC)c2)C1. The number of ether oxygens (including phenoxy) is 2. The molecule has 5 heteroatoms. The van der Waals surface area contributed by atoms with Crippen LogP contribution in [0.2, 0.25) is 0 Å². The molecule has 21 heavy (non-hydrogen) atoms. The first-order chi connectivity index (χ1) is 10.2. The summed E-state index contributed by atoms with van der Waals surface area (Å²) in [5, 5.41) is 3.66. The second-order valence-corrected chi connectivity index (χ2v) is 6.28. The highest BCUT2D eigenvalue weighted by molar-refractivity contribution is 9.10. The van der Waals surface area contributed by atoms with Gasteiger partial charge in [-0.3, -0.25) is 0 Å². The minimum atomic E-state index is 0.575. The molecule has 2 rings (SSSR count). The summed E-state index contributed by atoms with van der Waals surface area (Å²) in [6.07, 6.45) is 2.53. The van der Waals surface area contributed by atoms with E-state index in [0.29, 0.717) is 6.04 Å². The van der Waals surface area contributed by atoms with Gasteiger partial charge in [-0.1, -0.05) is 6.92 Å². The molecule has 1 atom stereocenters. The fourth-order valence-corrected chi connectivity index (χ4v) is 3.50. The van der Waals surface area contributed by atoms with Gasteiger partial charge in [0.25, 0.3) is 0 Å². The number of hydrogen-bond acceptors (Lipinski definition) is 4. The lowest BCUT2D eigenvalue weighted by molar-refractivity contribution is 0.198. The van der Waals surface area contributed by atoms with Crippen LogP contribution in [0.3, 0.4) is 0 Å². The van der Waals surface area contributed by atoms with Crippen LogP contribution >= 0.6 is 15.9 Å². The Kier molecular flexibility index (Phi) is 6.33. The van der Waals surface area contributed by atoms with Gasteiger partial charge in [-0.15, -0.1) is 0 Å². The Balaban J connectivity index is 1.98. The molecule has 0 bridgehead atoms. The van der Waals surface area contributed by atoms with Crippen LogP contribution in [0.5, 0.6) is 11.5 Å². The second kappa shape index (κ2) is 8.01. The first-order valence-electron chi connectivity index (χ1n) is 7.54. The number of likely N-dealkylation sites (tertiary alicyclic amines) is 1. The van der Waals surface area contributed by atoms with Crippen molar-refractivity contribution in [3.8, 4) is 11.5 Å². The van der Waals surface area contributed by atoms with Crippen LogP contribution in [-0.4, -0.2) is 44.8 Å². The van der Waals surface area contributed by atoms with E-state index in [9.17, 15) is 0 Å². The van der Waals surface area contributed by atoms with Gasteiger partial charge in [0.2, 0.25) is 0 Å². The molecule has 1 N–H and O–H groups in total. The van der Waals surface area contributed by atoms with Gasteiger partial charge in [0.05, 0.1) is 18.7 Å². The summed E-state index contributed by atoms with van der Waals surface area (Å²) in [5.41, 5.74) is 1.20. The first kappa shape index (κ1) is 16.6. The van der Waals surface area contributed by atoms with Crippen LogP contribution in [0.4, 0.5) is 0 Å². The molecule has 1 fully saturated rings. The van der Waals surface area contributed by atoms with E-state index < -0.39 is 0 Å². The van der Waals surface area contributed by atoms with Gasteiger partial charge in [0, 0.05) is 19.1 Å². The van der Waals surface area contributed by atoms with E-state index in [1.807, 2.05) is 6.07 Å². The van der Waals surface area contributed by atoms with Crippen LogP contribution in [0.15, 0.2) is 16.6 Å². The zero-order valence-electron chi connectivity index (χ0n) is 13.1. The monoisotopic (exact) mass is 356 g/mol. The van der Waals surface area contributed by atoms with Crippen molar-refractivity contribution in [1.29, 1.82) is 0 Å². The first-order valence-corrected chi connectivity index (χ1v) is 8.33. The largest absolute Gasteiger partial charge is 0.493 e. The summed E-state index contributed by atoms with van der Waals surface area (Å²) in [4.78, 5) is 2.51. The molecular formula is C16H25BrN2O2. The van der Waals surface area contributed by atoms with Gasteiger partial charge in [0.15, 0.2) is 11.5 Å². The molecule has 1 aliphatic heterocycles. The van der Waals surface area contributed by atoms with Crippen molar-refractivity contribution >= 4 is 15.9 Å². The highest BCUT2D eigenvalue weighted by Gasteiger charge is 2.18. The maximum atomic E-state index is 5.39. The topological polar surface area (TPSA) is 33.7 Å². The zero-order valence-corrected chi connectivity index (χ0v) is 14.7. The average molecular weight is 357 g/mol. The number of hydrogen-bond donors (Lipinski definition) is 1. The van der Waals surface area contributed by atoms with Gasteiger partial charge in [-0.25, -0.2) is 0 Å². The third-order valence-electron chi connectivity index (χ3n) is 4.04. The van der Waals surface area contributed by atoms with E-state index in [1.165, 1.54) is 24.9 Å². The van der Waals surface area contributed by atoms with E-state index in [-0.39, 0.29) is 0 Å². The lowest BCUT2D eigenvalue weighted by atomic mass is 10.1. The molecule has 1 aromatic carbocycles. The number of halogens is 1. The van der Waals surface area contributed by atoms with Crippen LogP contribution < -0.4 is 14.8 Å². The summed E-state index contributed by atoms with van der Waals surface area (Å²) in [7, 11) is 3.32. The highest BCUT2D eigenvalue weighted by atomic mass is 79.9. The molecule has 0 amide bonds. The molecule has 0 spiro atoms. The molecule has 1 aromatic rings. The molecule has 0 aliphatic carbocycles. The van der Waals surface area contributed by atoms with Crippen molar-refractivity contribution < 1.29 is 9.47 Å². The van der Waals surface area contributed by atoms with Gasteiger partial charge in [-0.2, -0.15) is 0 Å². The number of nitrogens with one attached hydrogen (secondary N) is 1. The number of benzene rings is 1. The lowest BCUT2D eigenvalue weighted by Crippen LogP contribution is -2.45. The Morgan fingerprint density at radius 1 is 1.33 bits per heavy atom. The Bertz CT molecular complexity index is 468. The van der Waals surface area contributed by atoms with E-state index in [4.69, 9.17) is 9.47 Å². The fourth-order valence-electron chi connectivity index (χ4n) is 2.84. The third kappa shape index (κ3) is 4.34. The van der Waals surface area contributed by atoms with Crippen molar-refractivity contribution in [3.63, 3.8) is 0 Å². The number of nitrogens with zero attached hydrogens (tertiary/aromatic N) is 1. The molecule has 0 saturated carbocycles. The molecule has 1 aliphatic rings. The third-order valence-corrected chi connectivity index (χ3v) is 4.63. The van der Waals surface area contributed by atoms with Crippen LogP contribution in [0, 0.1) is 0 Å². The van der Waals surface area contributed by atoms with Crippen molar-refractivity contribution in [2.24, 2.45) is 0 Å². The summed E-state index contributed by atoms with van der Waals surface area (Å²) in [6.45, 7) is 6.59. The summed E-state index contributed by atoms with van der Waals surface area (Å²) < 4.78 is 11.7. The van der Waals surface area contributed by atoms with Crippen LogP contribution in [-0.2, 0) is 6.54 Å². The molecule has 1 heterocycles. The minimum absolute atomic E-state index is 0.575. The molecular weight excluding hydrogens is 332 g/mol. The predicted octanol–water partition coefficient (Wildman–Crippen LogP) is 3.04. The van der Waals surface area contributed by atoms with Gasteiger partial charge in [-0.05, 0) is 59.6 Å². The number of methoxy groups -OCH3 is 2. The van der Waals surface area contributed by atoms with Crippen LogP contribution in [0.1, 0.15) is 25.3 Å². The Morgan fingerprint density at radius 3 is 2.81 bits per heavy atom. The van der Waals surface area contributed by atoms with Gasteiger partial charge in [0.1, 0.15) is 0 Å². The van der Waals surface area contributed by atoms with E-state index in [1.54, 1.807) is 14.2 Å². The fraction of sp³-hybridized carbons (Fsp3) is 0.625. The summed E-state index contributed by atoms with van der Waals surface area (Å²) in [6, 6.07) is 4.71. The standard InChI is InChI=1S/C16H25BrN2O2/c1-4-19-7-5-6-13(11-19)18-10-12-8-14(17)16(21-3)15(9-12)20-2/h8-9,13,18H,4-7,10-11H2,1-3H3. The molecule has 1 saturated heterocycles. The summed E-state index contributed by atoms with van der Waals surface area (Å²) >= 11 is 3.54. The Hall–Kier alpha value is -0.780. The van der Waals surface area contributed by atoms with Gasteiger partial charge < -0.3 is 19.7 Å². The van der Waals surface area contributed by atoms with Crippen molar-refractivity contribution in [3.05, 3.63) is 22.2 Å². The molecule has 118 valence electrons. The van der Waals surface area contributed by atoms with Crippen LogP contribution in [0.25, 0.3) is 0 Å². The lowest BCUT2D eigenvalue weighted by Gasteiger charge is -2.32. The Labute approximate surface area is 135 Å². The number of piperidine rings is 1. The maximum Gasteiger partial charge on any atom is 0.174 e. The number of likely N-dealkylation sites (N-methyl/N-ethyl adjacent to an activating group) is 1. The van der Waals surface area contributed by atoms with E-state index in [2.05, 4.69) is 39.1 Å². The smallest absolute Gasteiger partial charge is 0.174 e.